The van der Waals surface area contributed by atoms with Crippen LogP contribution in [0.5, 0.6) is 0 Å². The van der Waals surface area contributed by atoms with Crippen molar-refractivity contribution < 1.29 is 4.42 Å². The third-order valence-electron chi connectivity index (χ3n) is 1.98. The lowest BCUT2D eigenvalue weighted by Gasteiger charge is -2.05. The minimum Gasteiger partial charge on any atom is -0.416 e. The summed E-state index contributed by atoms with van der Waals surface area (Å²) in [4.78, 5) is 4.31. The van der Waals surface area contributed by atoms with Crippen molar-refractivity contribution in [3.63, 3.8) is 0 Å². The molecule has 88 valence electrons. The zero-order valence-electron chi connectivity index (χ0n) is 9.39. The standard InChI is InChI=1S/C10H11N5OS/c1-5-3-4-7(8(11)12)9(13-5)17-10-15-14-6(2)16-10/h3-4H,1-2H3,(H3,11,12). The second-order valence-corrected chi connectivity index (χ2v) is 4.35. The number of nitrogens with two attached hydrogens (primary N) is 1. The smallest absolute Gasteiger partial charge is 0.282 e. The minimum atomic E-state index is -0.0313. The molecule has 2 rings (SSSR count). The lowest BCUT2D eigenvalue weighted by Crippen LogP contribution is -2.13. The first-order valence-corrected chi connectivity index (χ1v) is 5.68. The summed E-state index contributed by atoms with van der Waals surface area (Å²) in [5.41, 5.74) is 6.89. The van der Waals surface area contributed by atoms with Crippen LogP contribution >= 0.6 is 11.8 Å². The number of aryl methyl sites for hydroxylation is 2. The molecule has 0 atom stereocenters. The molecule has 0 aliphatic heterocycles. The van der Waals surface area contributed by atoms with Gasteiger partial charge in [0.15, 0.2) is 0 Å². The van der Waals surface area contributed by atoms with Crippen molar-refractivity contribution in [2.75, 3.05) is 0 Å². The number of pyridine rings is 1. The van der Waals surface area contributed by atoms with Crippen molar-refractivity contribution in [3.05, 3.63) is 29.3 Å². The maximum atomic E-state index is 7.48. The molecule has 0 aromatic carbocycles. The molecule has 0 aliphatic carbocycles. The van der Waals surface area contributed by atoms with Crippen LogP contribution in [0.2, 0.25) is 0 Å². The number of amidine groups is 1. The highest BCUT2D eigenvalue weighted by molar-refractivity contribution is 7.99. The molecule has 0 radical (unpaired) electrons. The van der Waals surface area contributed by atoms with Gasteiger partial charge in [0.1, 0.15) is 10.9 Å². The van der Waals surface area contributed by atoms with Crippen LogP contribution in [-0.2, 0) is 0 Å². The number of hydrogen-bond donors (Lipinski definition) is 2. The van der Waals surface area contributed by atoms with E-state index in [1.54, 1.807) is 19.1 Å². The predicted molar refractivity (Wildman–Crippen MR) is 63.1 cm³/mol. The Bertz CT molecular complexity index is 566. The number of rotatable bonds is 3. The lowest BCUT2D eigenvalue weighted by atomic mass is 10.2. The van der Waals surface area contributed by atoms with E-state index in [9.17, 15) is 0 Å². The van der Waals surface area contributed by atoms with Crippen LogP contribution in [0.1, 0.15) is 17.1 Å². The molecule has 0 unspecified atom stereocenters. The number of nitrogens with zero attached hydrogens (tertiary/aromatic N) is 3. The van der Waals surface area contributed by atoms with Gasteiger partial charge in [-0.25, -0.2) is 4.98 Å². The first-order valence-electron chi connectivity index (χ1n) is 4.86. The Labute approximate surface area is 102 Å². The molecule has 17 heavy (non-hydrogen) atoms. The van der Waals surface area contributed by atoms with Gasteiger partial charge in [-0.3, -0.25) is 5.41 Å². The van der Waals surface area contributed by atoms with Crippen molar-refractivity contribution in [1.82, 2.24) is 15.2 Å². The Morgan fingerprint density at radius 2 is 2.12 bits per heavy atom. The molecular weight excluding hydrogens is 238 g/mol. The molecule has 0 aliphatic rings. The second-order valence-electron chi connectivity index (χ2n) is 3.41. The van der Waals surface area contributed by atoms with E-state index in [2.05, 4.69) is 15.2 Å². The minimum absolute atomic E-state index is 0.0313. The Kier molecular flexibility index (Phi) is 3.10. The highest BCUT2D eigenvalue weighted by Crippen LogP contribution is 2.27. The summed E-state index contributed by atoms with van der Waals surface area (Å²) < 4.78 is 5.25. The summed E-state index contributed by atoms with van der Waals surface area (Å²) >= 11 is 1.21. The summed E-state index contributed by atoms with van der Waals surface area (Å²) in [6.07, 6.45) is 0. The largest absolute Gasteiger partial charge is 0.416 e. The number of aromatic nitrogens is 3. The molecule has 2 aromatic rings. The molecule has 0 bridgehead atoms. The summed E-state index contributed by atoms with van der Waals surface area (Å²) in [6.45, 7) is 3.58. The fourth-order valence-electron chi connectivity index (χ4n) is 1.22. The highest BCUT2D eigenvalue weighted by atomic mass is 32.2. The van der Waals surface area contributed by atoms with Gasteiger partial charge in [0.05, 0.1) is 0 Å². The second kappa shape index (κ2) is 4.54. The molecule has 0 amide bonds. The third-order valence-corrected chi connectivity index (χ3v) is 2.83. The van der Waals surface area contributed by atoms with Crippen LogP contribution < -0.4 is 5.73 Å². The summed E-state index contributed by atoms with van der Waals surface area (Å²) in [6, 6.07) is 3.57. The van der Waals surface area contributed by atoms with Crippen LogP contribution in [0.3, 0.4) is 0 Å². The van der Waals surface area contributed by atoms with Crippen molar-refractivity contribution >= 4 is 17.6 Å². The van der Waals surface area contributed by atoms with Gasteiger partial charge >= 0.3 is 0 Å². The van der Waals surface area contributed by atoms with Crippen LogP contribution in [0.25, 0.3) is 0 Å². The summed E-state index contributed by atoms with van der Waals surface area (Å²) in [5.74, 6) is 0.459. The molecule has 0 saturated heterocycles. The predicted octanol–water partition coefficient (Wildman–Crippen LogP) is 1.52. The topological polar surface area (TPSA) is 102 Å². The van der Waals surface area contributed by atoms with Crippen LogP contribution in [0, 0.1) is 19.3 Å². The van der Waals surface area contributed by atoms with Gasteiger partial charge in [-0.2, -0.15) is 0 Å². The van der Waals surface area contributed by atoms with E-state index in [0.717, 1.165) is 5.69 Å². The van der Waals surface area contributed by atoms with E-state index in [-0.39, 0.29) is 5.84 Å². The van der Waals surface area contributed by atoms with E-state index in [1.165, 1.54) is 11.8 Å². The molecule has 0 spiro atoms. The van der Waals surface area contributed by atoms with E-state index in [1.807, 2.05) is 6.92 Å². The molecule has 0 fully saturated rings. The zero-order chi connectivity index (χ0) is 12.4. The molecule has 2 heterocycles. The van der Waals surface area contributed by atoms with Gasteiger partial charge < -0.3 is 10.2 Å². The van der Waals surface area contributed by atoms with Crippen LogP contribution in [0.15, 0.2) is 26.8 Å². The molecule has 0 saturated carbocycles. The first-order chi connectivity index (χ1) is 8.06. The van der Waals surface area contributed by atoms with E-state index < -0.39 is 0 Å². The van der Waals surface area contributed by atoms with Gasteiger partial charge in [-0.1, -0.05) is 0 Å². The van der Waals surface area contributed by atoms with Gasteiger partial charge in [-0.15, -0.1) is 10.2 Å². The monoisotopic (exact) mass is 249 g/mol. The zero-order valence-corrected chi connectivity index (χ0v) is 10.2. The Hall–Kier alpha value is -1.89. The number of hydrogen-bond acceptors (Lipinski definition) is 6. The average Bonchev–Trinajstić information content (AvgIpc) is 2.63. The quantitative estimate of drug-likeness (QED) is 0.631. The summed E-state index contributed by atoms with van der Waals surface area (Å²) in [7, 11) is 0. The number of nitrogen functional groups attached to an aromatic ring is 1. The van der Waals surface area contributed by atoms with Crippen LogP contribution in [0.4, 0.5) is 0 Å². The molecule has 7 heteroatoms. The van der Waals surface area contributed by atoms with Gasteiger partial charge in [0.25, 0.3) is 5.22 Å². The first kappa shape index (κ1) is 11.6. The fourth-order valence-corrected chi connectivity index (χ4v) is 2.10. The SMILES string of the molecule is Cc1ccc(C(=N)N)c(Sc2nnc(C)o2)n1. The average molecular weight is 249 g/mol. The lowest BCUT2D eigenvalue weighted by molar-refractivity contribution is 0.429. The maximum Gasteiger partial charge on any atom is 0.282 e. The Morgan fingerprint density at radius 1 is 1.35 bits per heavy atom. The van der Waals surface area contributed by atoms with E-state index in [0.29, 0.717) is 21.7 Å². The van der Waals surface area contributed by atoms with Gasteiger partial charge in [0.2, 0.25) is 5.89 Å². The van der Waals surface area contributed by atoms with E-state index >= 15 is 0 Å². The number of nitrogens with one attached hydrogen (secondary N) is 1. The third kappa shape index (κ3) is 2.62. The van der Waals surface area contributed by atoms with Crippen molar-refractivity contribution in [2.45, 2.75) is 24.1 Å². The molecule has 3 N–H and O–H groups in total. The Morgan fingerprint density at radius 3 is 2.71 bits per heavy atom. The van der Waals surface area contributed by atoms with Crippen molar-refractivity contribution in [2.24, 2.45) is 5.73 Å². The van der Waals surface area contributed by atoms with Gasteiger partial charge in [0, 0.05) is 18.2 Å². The summed E-state index contributed by atoms with van der Waals surface area (Å²) in [5, 5.41) is 16.1. The van der Waals surface area contributed by atoms with Crippen LogP contribution in [-0.4, -0.2) is 21.0 Å². The molecule has 2 aromatic heterocycles. The molecule has 6 nitrogen and oxygen atoms in total. The normalized spacial score (nSPS) is 10.5. The van der Waals surface area contributed by atoms with Crippen molar-refractivity contribution in [1.29, 1.82) is 5.41 Å². The molecular formula is C10H11N5OS. The maximum absolute atomic E-state index is 7.48. The fraction of sp³-hybridized carbons (Fsp3) is 0.200. The van der Waals surface area contributed by atoms with Crippen molar-refractivity contribution in [3.8, 4) is 0 Å². The van der Waals surface area contributed by atoms with E-state index in [4.69, 9.17) is 15.6 Å². The highest BCUT2D eigenvalue weighted by Gasteiger charge is 2.12. The van der Waals surface area contributed by atoms with Gasteiger partial charge in [-0.05, 0) is 30.8 Å². The Balaban J connectivity index is 2.37.